The van der Waals surface area contributed by atoms with Gasteiger partial charge in [-0.15, -0.1) is 0 Å². The molecule has 116 valence electrons. The molecule has 0 saturated carbocycles. The van der Waals surface area contributed by atoms with E-state index in [4.69, 9.17) is 10.5 Å². The van der Waals surface area contributed by atoms with Crippen LogP contribution in [0.4, 0.5) is 0 Å². The predicted molar refractivity (Wildman–Crippen MR) is 79.4 cm³/mol. The Morgan fingerprint density at radius 3 is 2.75 bits per heavy atom. The van der Waals surface area contributed by atoms with Crippen molar-refractivity contribution < 1.29 is 9.53 Å². The summed E-state index contributed by atoms with van der Waals surface area (Å²) >= 11 is 0. The molecule has 2 aliphatic rings. The maximum absolute atomic E-state index is 12.5. The van der Waals surface area contributed by atoms with E-state index >= 15 is 0 Å². The Bertz CT molecular complexity index is 318. The number of rotatable bonds is 5. The van der Waals surface area contributed by atoms with Crippen LogP contribution in [0.3, 0.4) is 0 Å². The Hall–Kier alpha value is -0.650. The van der Waals surface area contributed by atoms with Crippen LogP contribution in [0.15, 0.2) is 0 Å². The molecule has 0 spiro atoms. The fourth-order valence-electron chi connectivity index (χ4n) is 3.46. The topological polar surface area (TPSA) is 58.8 Å². The van der Waals surface area contributed by atoms with Crippen LogP contribution in [0.5, 0.6) is 0 Å². The number of ether oxygens (including phenoxy) is 1. The highest BCUT2D eigenvalue weighted by atomic mass is 16.5. The standard InChI is InChI=1S/C15H29N3O2/c1-3-18-8-4-5-13(18)11-17(2)15(19)14(16)12-6-9-20-10-7-12/h12-14H,3-11,16H2,1-2H3. The van der Waals surface area contributed by atoms with Gasteiger partial charge in [-0.3, -0.25) is 9.69 Å². The van der Waals surface area contributed by atoms with Gasteiger partial charge in [-0.1, -0.05) is 6.92 Å². The third-order valence-electron chi connectivity index (χ3n) is 4.83. The van der Waals surface area contributed by atoms with Crippen LogP contribution in [0.1, 0.15) is 32.6 Å². The third-order valence-corrected chi connectivity index (χ3v) is 4.83. The number of hydrogen-bond acceptors (Lipinski definition) is 4. The van der Waals surface area contributed by atoms with E-state index in [-0.39, 0.29) is 17.9 Å². The van der Waals surface area contributed by atoms with Crippen molar-refractivity contribution in [1.82, 2.24) is 9.80 Å². The highest BCUT2D eigenvalue weighted by Crippen LogP contribution is 2.21. The molecule has 20 heavy (non-hydrogen) atoms. The molecule has 0 aromatic carbocycles. The van der Waals surface area contributed by atoms with Crippen molar-refractivity contribution in [2.75, 3.05) is 39.9 Å². The van der Waals surface area contributed by atoms with Gasteiger partial charge in [0, 0.05) is 32.8 Å². The molecule has 2 N–H and O–H groups in total. The lowest BCUT2D eigenvalue weighted by Crippen LogP contribution is -2.50. The van der Waals surface area contributed by atoms with Crippen molar-refractivity contribution in [2.45, 2.75) is 44.7 Å². The minimum Gasteiger partial charge on any atom is -0.381 e. The van der Waals surface area contributed by atoms with Crippen molar-refractivity contribution in [3.05, 3.63) is 0 Å². The number of carbonyl (C=O) groups is 1. The Balaban J connectivity index is 1.84. The molecule has 1 amide bonds. The maximum Gasteiger partial charge on any atom is 0.239 e. The predicted octanol–water partition coefficient (Wildman–Crippen LogP) is 0.683. The highest BCUT2D eigenvalue weighted by molar-refractivity contribution is 5.81. The summed E-state index contributed by atoms with van der Waals surface area (Å²) in [5, 5.41) is 0. The van der Waals surface area contributed by atoms with Gasteiger partial charge in [0.15, 0.2) is 0 Å². The molecule has 2 saturated heterocycles. The van der Waals surface area contributed by atoms with Gasteiger partial charge in [0.25, 0.3) is 0 Å². The summed E-state index contributed by atoms with van der Waals surface area (Å²) in [6, 6.07) is 0.149. The van der Waals surface area contributed by atoms with Gasteiger partial charge in [0.05, 0.1) is 6.04 Å². The Kier molecular flexibility index (Phi) is 5.81. The van der Waals surface area contributed by atoms with Gasteiger partial charge in [0.2, 0.25) is 5.91 Å². The monoisotopic (exact) mass is 283 g/mol. The van der Waals surface area contributed by atoms with Crippen molar-refractivity contribution in [3.8, 4) is 0 Å². The van der Waals surface area contributed by atoms with Crippen LogP contribution >= 0.6 is 0 Å². The maximum atomic E-state index is 12.5. The lowest BCUT2D eigenvalue weighted by molar-refractivity contribution is -0.134. The molecule has 0 radical (unpaired) electrons. The van der Waals surface area contributed by atoms with Gasteiger partial charge < -0.3 is 15.4 Å². The fraction of sp³-hybridized carbons (Fsp3) is 0.933. The minimum atomic E-state index is -0.361. The van der Waals surface area contributed by atoms with Crippen LogP contribution in [0.25, 0.3) is 0 Å². The van der Waals surface area contributed by atoms with E-state index < -0.39 is 0 Å². The number of nitrogens with two attached hydrogens (primary N) is 1. The molecule has 5 nitrogen and oxygen atoms in total. The van der Waals surface area contributed by atoms with Crippen LogP contribution in [0.2, 0.25) is 0 Å². The van der Waals surface area contributed by atoms with Gasteiger partial charge >= 0.3 is 0 Å². The number of likely N-dealkylation sites (N-methyl/N-ethyl adjacent to an activating group) is 2. The quantitative estimate of drug-likeness (QED) is 0.806. The molecule has 2 aliphatic heterocycles. The lowest BCUT2D eigenvalue weighted by Gasteiger charge is -2.32. The zero-order valence-corrected chi connectivity index (χ0v) is 12.9. The second kappa shape index (κ2) is 7.38. The summed E-state index contributed by atoms with van der Waals surface area (Å²) in [4.78, 5) is 16.8. The lowest BCUT2D eigenvalue weighted by atomic mass is 9.91. The molecule has 0 aliphatic carbocycles. The first-order chi connectivity index (χ1) is 9.63. The van der Waals surface area contributed by atoms with E-state index in [0.717, 1.165) is 45.7 Å². The van der Waals surface area contributed by atoms with Crippen molar-refractivity contribution >= 4 is 5.91 Å². The summed E-state index contributed by atoms with van der Waals surface area (Å²) in [6.07, 6.45) is 4.25. The highest BCUT2D eigenvalue weighted by Gasteiger charge is 2.31. The minimum absolute atomic E-state index is 0.0971. The van der Waals surface area contributed by atoms with E-state index in [1.807, 2.05) is 11.9 Å². The van der Waals surface area contributed by atoms with Gasteiger partial charge in [-0.25, -0.2) is 0 Å². The van der Waals surface area contributed by atoms with Crippen LogP contribution in [-0.4, -0.2) is 67.7 Å². The molecular weight excluding hydrogens is 254 g/mol. The van der Waals surface area contributed by atoms with Crippen molar-refractivity contribution in [1.29, 1.82) is 0 Å². The first-order valence-electron chi connectivity index (χ1n) is 7.95. The summed E-state index contributed by atoms with van der Waals surface area (Å²) < 4.78 is 5.34. The van der Waals surface area contributed by atoms with Crippen LogP contribution < -0.4 is 5.73 Å². The Labute approximate surface area is 122 Å². The fourth-order valence-corrected chi connectivity index (χ4v) is 3.46. The molecule has 0 aromatic heterocycles. The normalized spacial score (nSPS) is 26.6. The molecule has 2 heterocycles. The summed E-state index contributed by atoms with van der Waals surface area (Å²) in [7, 11) is 1.90. The molecule has 5 heteroatoms. The number of hydrogen-bond donors (Lipinski definition) is 1. The summed E-state index contributed by atoms with van der Waals surface area (Å²) in [5.41, 5.74) is 6.17. The first kappa shape index (κ1) is 15.7. The van der Waals surface area contributed by atoms with Crippen molar-refractivity contribution in [3.63, 3.8) is 0 Å². The molecule has 0 bridgehead atoms. The number of likely N-dealkylation sites (tertiary alicyclic amines) is 1. The average Bonchev–Trinajstić information content (AvgIpc) is 2.93. The second-order valence-electron chi connectivity index (χ2n) is 6.12. The van der Waals surface area contributed by atoms with Gasteiger partial charge in [-0.2, -0.15) is 0 Å². The zero-order valence-electron chi connectivity index (χ0n) is 12.9. The van der Waals surface area contributed by atoms with E-state index in [9.17, 15) is 4.79 Å². The first-order valence-corrected chi connectivity index (χ1v) is 7.95. The average molecular weight is 283 g/mol. The summed E-state index contributed by atoms with van der Waals surface area (Å²) in [5.74, 6) is 0.379. The van der Waals surface area contributed by atoms with E-state index in [1.165, 1.54) is 12.8 Å². The van der Waals surface area contributed by atoms with Crippen LogP contribution in [0, 0.1) is 5.92 Å². The van der Waals surface area contributed by atoms with E-state index in [0.29, 0.717) is 6.04 Å². The molecule has 2 fully saturated rings. The third kappa shape index (κ3) is 3.71. The number of carbonyl (C=O) groups excluding carboxylic acids is 1. The van der Waals surface area contributed by atoms with E-state index in [1.54, 1.807) is 0 Å². The number of amides is 1. The zero-order chi connectivity index (χ0) is 14.5. The van der Waals surface area contributed by atoms with Crippen LogP contribution in [-0.2, 0) is 9.53 Å². The van der Waals surface area contributed by atoms with Gasteiger partial charge in [-0.05, 0) is 44.7 Å². The van der Waals surface area contributed by atoms with Crippen molar-refractivity contribution in [2.24, 2.45) is 11.7 Å². The summed E-state index contributed by atoms with van der Waals surface area (Å²) in [6.45, 7) is 6.70. The largest absolute Gasteiger partial charge is 0.381 e. The molecule has 2 unspecified atom stereocenters. The smallest absolute Gasteiger partial charge is 0.239 e. The van der Waals surface area contributed by atoms with Gasteiger partial charge in [0.1, 0.15) is 0 Å². The Morgan fingerprint density at radius 2 is 2.10 bits per heavy atom. The molecule has 2 atom stereocenters. The molecule has 2 rings (SSSR count). The number of nitrogens with zero attached hydrogens (tertiary/aromatic N) is 2. The SMILES string of the molecule is CCN1CCCC1CN(C)C(=O)C(N)C1CCOCC1. The Morgan fingerprint density at radius 1 is 1.40 bits per heavy atom. The van der Waals surface area contributed by atoms with E-state index in [2.05, 4.69) is 11.8 Å². The molecular formula is C15H29N3O2. The molecule has 0 aromatic rings. The second-order valence-corrected chi connectivity index (χ2v) is 6.12.